The topological polar surface area (TPSA) is 75.6 Å². The van der Waals surface area contributed by atoms with E-state index in [0.717, 1.165) is 37.2 Å². The van der Waals surface area contributed by atoms with E-state index in [1.165, 1.54) is 15.9 Å². The molecule has 2 fully saturated rings. The Labute approximate surface area is 380 Å². The lowest BCUT2D eigenvalue weighted by atomic mass is 9.76. The molecular formula is C50H78O7S2Si2. The van der Waals surface area contributed by atoms with Crippen LogP contribution in [0.5, 0.6) is 0 Å². The normalized spacial score (nSPS) is 21.8. The summed E-state index contributed by atoms with van der Waals surface area (Å²) in [6.07, 6.45) is 3.74. The van der Waals surface area contributed by atoms with Gasteiger partial charge in [-0.1, -0.05) is 139 Å². The van der Waals surface area contributed by atoms with Crippen molar-refractivity contribution >= 4 is 50.5 Å². The van der Waals surface area contributed by atoms with Gasteiger partial charge < -0.3 is 32.9 Å². The maximum absolute atomic E-state index is 13.1. The van der Waals surface area contributed by atoms with Crippen LogP contribution in [0, 0.1) is 17.8 Å². The summed E-state index contributed by atoms with van der Waals surface area (Å²) in [7, 11) is -3.28. The molecule has 340 valence electrons. The van der Waals surface area contributed by atoms with Crippen molar-refractivity contribution in [1.82, 2.24) is 0 Å². The Morgan fingerprint density at radius 1 is 0.787 bits per heavy atom. The molecule has 1 saturated heterocycles. The van der Waals surface area contributed by atoms with E-state index < -0.39 is 26.8 Å². The van der Waals surface area contributed by atoms with E-state index >= 15 is 0 Å². The van der Waals surface area contributed by atoms with Gasteiger partial charge in [-0.15, -0.1) is 23.5 Å². The summed E-state index contributed by atoms with van der Waals surface area (Å²) in [5.74, 6) is 2.40. The highest BCUT2D eigenvalue weighted by atomic mass is 32.2. The number of thioether (sulfide) groups is 2. The standard InChI is InChI=1S/C50H78O7S2Si2/c1-39(35-56-61(49(5,6)7,42-23-16-12-17-24-42)43-25-18-13-19-26-43)46(55-38-53-30-29-52-8)34-50(58-31-20-32-59-50)47(51)44-28-27-41(37-54-36-40-21-14-11-15-22-40)33-45(44)57-60(9,10)48(2,3)4/h11-19,21-26,39,41,44-47,51H,20,27-38H2,1-10H3/t39-,41+,44+,45-,46+,47?/m1/s1. The van der Waals surface area contributed by atoms with Crippen molar-refractivity contribution in [3.8, 4) is 0 Å². The van der Waals surface area contributed by atoms with Gasteiger partial charge in [-0.25, -0.2) is 0 Å². The Bertz CT molecular complexity index is 1640. The van der Waals surface area contributed by atoms with Crippen LogP contribution in [0.1, 0.15) is 86.1 Å². The molecule has 3 aromatic carbocycles. The van der Waals surface area contributed by atoms with Crippen molar-refractivity contribution in [3.63, 3.8) is 0 Å². The third-order valence-electron chi connectivity index (χ3n) is 13.4. The number of ether oxygens (including phenoxy) is 4. The van der Waals surface area contributed by atoms with Crippen LogP contribution in [-0.2, 0) is 34.4 Å². The average Bonchev–Trinajstić information content (AvgIpc) is 3.23. The van der Waals surface area contributed by atoms with Gasteiger partial charge in [0.25, 0.3) is 8.32 Å². The first-order valence-corrected chi connectivity index (χ1v) is 29.5. The molecule has 0 radical (unpaired) electrons. The van der Waals surface area contributed by atoms with E-state index in [1.54, 1.807) is 7.11 Å². The molecule has 1 aliphatic carbocycles. The van der Waals surface area contributed by atoms with Gasteiger partial charge in [0.2, 0.25) is 0 Å². The second kappa shape index (κ2) is 23.1. The zero-order chi connectivity index (χ0) is 44.2. The van der Waals surface area contributed by atoms with Crippen molar-refractivity contribution < 1.29 is 32.9 Å². The first-order chi connectivity index (χ1) is 29.0. The molecular weight excluding hydrogens is 833 g/mol. The first-order valence-electron chi connectivity index (χ1n) is 22.7. The lowest BCUT2D eigenvalue weighted by molar-refractivity contribution is -0.122. The predicted molar refractivity (Wildman–Crippen MR) is 262 cm³/mol. The van der Waals surface area contributed by atoms with Crippen molar-refractivity contribution in [2.45, 2.75) is 133 Å². The van der Waals surface area contributed by atoms with E-state index in [4.69, 9.17) is 27.8 Å². The summed E-state index contributed by atoms with van der Waals surface area (Å²) in [6.45, 7) is 23.8. The molecule has 1 unspecified atom stereocenters. The zero-order valence-electron chi connectivity index (χ0n) is 39.0. The second-order valence-electron chi connectivity index (χ2n) is 19.9. The Balaban J connectivity index is 1.43. The highest BCUT2D eigenvalue weighted by molar-refractivity contribution is 8.18. The second-order valence-corrected chi connectivity index (χ2v) is 32.1. The fourth-order valence-electron chi connectivity index (χ4n) is 8.85. The van der Waals surface area contributed by atoms with E-state index in [1.807, 2.05) is 29.6 Å². The molecule has 6 atom stereocenters. The quantitative estimate of drug-likeness (QED) is 0.0603. The van der Waals surface area contributed by atoms with Crippen molar-refractivity contribution in [2.24, 2.45) is 17.8 Å². The number of aliphatic hydroxyl groups excluding tert-OH is 1. The summed E-state index contributed by atoms with van der Waals surface area (Å²) in [5, 5.41) is 15.5. The Kier molecular flexibility index (Phi) is 19.1. The van der Waals surface area contributed by atoms with E-state index in [0.29, 0.717) is 45.4 Å². The highest BCUT2D eigenvalue weighted by Crippen LogP contribution is 2.54. The fraction of sp³-hybridized carbons (Fsp3) is 0.640. The molecule has 5 rings (SSSR count). The SMILES string of the molecule is COCCOCO[C@@H](CC1(C(O)[C@H]2CC[C@H](COCc3ccccc3)C[C@H]2O[Si](C)(C)C(C)(C)C)SCCCS1)[C@H](C)CO[Si](c1ccccc1)(c1ccccc1)C(C)(C)C. The molecule has 61 heavy (non-hydrogen) atoms. The van der Waals surface area contributed by atoms with Gasteiger partial charge in [0.05, 0.1) is 42.2 Å². The van der Waals surface area contributed by atoms with E-state index in [2.05, 4.69) is 146 Å². The number of aliphatic hydroxyl groups is 1. The Morgan fingerprint density at radius 2 is 1.38 bits per heavy atom. The monoisotopic (exact) mass is 910 g/mol. The molecule has 0 bridgehead atoms. The zero-order valence-corrected chi connectivity index (χ0v) is 42.7. The molecule has 1 N–H and O–H groups in total. The number of hydrogen-bond donors (Lipinski definition) is 1. The summed E-state index contributed by atoms with van der Waals surface area (Å²) in [5.41, 5.74) is 1.20. The predicted octanol–water partition coefficient (Wildman–Crippen LogP) is 10.5. The van der Waals surface area contributed by atoms with Gasteiger partial charge in [-0.2, -0.15) is 0 Å². The highest BCUT2D eigenvalue weighted by Gasteiger charge is 2.53. The molecule has 1 heterocycles. The summed E-state index contributed by atoms with van der Waals surface area (Å²) < 4.78 is 38.8. The Morgan fingerprint density at radius 3 is 1.93 bits per heavy atom. The lowest BCUT2D eigenvalue weighted by Gasteiger charge is -2.51. The summed E-state index contributed by atoms with van der Waals surface area (Å²) >= 11 is 3.87. The number of rotatable bonds is 22. The number of hydrogen-bond acceptors (Lipinski definition) is 9. The van der Waals surface area contributed by atoms with Crippen molar-refractivity contribution in [1.29, 1.82) is 0 Å². The smallest absolute Gasteiger partial charge is 0.261 e. The van der Waals surface area contributed by atoms with Crippen LogP contribution < -0.4 is 10.4 Å². The molecule has 0 spiro atoms. The minimum atomic E-state index is -2.80. The number of benzene rings is 3. The van der Waals surface area contributed by atoms with Crippen LogP contribution in [0.25, 0.3) is 0 Å². The van der Waals surface area contributed by atoms with Gasteiger partial charge >= 0.3 is 0 Å². The van der Waals surface area contributed by atoms with Crippen LogP contribution in [-0.4, -0.2) is 96.0 Å². The van der Waals surface area contributed by atoms with Crippen LogP contribution in [0.2, 0.25) is 23.2 Å². The number of methoxy groups -OCH3 is 1. The molecule has 0 amide bonds. The van der Waals surface area contributed by atoms with Crippen molar-refractivity contribution in [3.05, 3.63) is 96.6 Å². The van der Waals surface area contributed by atoms with E-state index in [9.17, 15) is 5.11 Å². The fourth-order valence-corrected chi connectivity index (χ4v) is 18.4. The van der Waals surface area contributed by atoms with Gasteiger partial charge in [0.15, 0.2) is 8.32 Å². The molecule has 1 saturated carbocycles. The molecule has 7 nitrogen and oxygen atoms in total. The van der Waals surface area contributed by atoms with E-state index in [-0.39, 0.29) is 40.9 Å². The molecule has 1 aliphatic heterocycles. The minimum Gasteiger partial charge on any atom is -0.414 e. The summed E-state index contributed by atoms with van der Waals surface area (Å²) in [6, 6.07) is 32.2. The van der Waals surface area contributed by atoms with Crippen molar-refractivity contribution in [2.75, 3.05) is 51.8 Å². The molecule has 3 aromatic rings. The third kappa shape index (κ3) is 13.3. The first kappa shape index (κ1) is 50.5. The maximum Gasteiger partial charge on any atom is 0.261 e. The van der Waals surface area contributed by atoms with Crippen LogP contribution in [0.15, 0.2) is 91.0 Å². The van der Waals surface area contributed by atoms with Crippen LogP contribution in [0.3, 0.4) is 0 Å². The maximum atomic E-state index is 13.1. The molecule has 0 aromatic heterocycles. The largest absolute Gasteiger partial charge is 0.414 e. The third-order valence-corrected chi connectivity index (χ3v) is 26.4. The Hall–Kier alpha value is -1.49. The summed E-state index contributed by atoms with van der Waals surface area (Å²) in [4.78, 5) is 0. The lowest BCUT2D eigenvalue weighted by Crippen LogP contribution is -2.67. The van der Waals surface area contributed by atoms with Gasteiger partial charge in [-0.05, 0) is 82.2 Å². The van der Waals surface area contributed by atoms with Gasteiger partial charge in [0, 0.05) is 38.6 Å². The molecule has 2 aliphatic rings. The minimum absolute atomic E-state index is 0.000124. The van der Waals surface area contributed by atoms with Crippen LogP contribution >= 0.6 is 23.5 Å². The average molecular weight is 911 g/mol. The van der Waals surface area contributed by atoms with Crippen LogP contribution in [0.4, 0.5) is 0 Å². The van der Waals surface area contributed by atoms with Gasteiger partial charge in [-0.3, -0.25) is 0 Å². The molecule has 11 heteroatoms. The van der Waals surface area contributed by atoms with Gasteiger partial charge in [0.1, 0.15) is 6.79 Å².